The van der Waals surface area contributed by atoms with Crippen LogP contribution in [0.1, 0.15) is 11.5 Å². The van der Waals surface area contributed by atoms with Crippen molar-refractivity contribution in [3.63, 3.8) is 0 Å². The Balaban J connectivity index is 0. The molecular weight excluding hydrogens is 489 g/mol. The second kappa shape index (κ2) is 17.6. The van der Waals surface area contributed by atoms with Crippen LogP contribution in [0.25, 0.3) is 0 Å². The van der Waals surface area contributed by atoms with Crippen LogP contribution in [-0.4, -0.2) is 26.7 Å². The van der Waals surface area contributed by atoms with Gasteiger partial charge in [-0.05, 0) is 17.7 Å². The number of hydrogen-bond donors (Lipinski definition) is 0. The van der Waals surface area contributed by atoms with Crippen molar-refractivity contribution in [2.45, 2.75) is 16.1 Å². The van der Waals surface area contributed by atoms with Gasteiger partial charge in [0.25, 0.3) is 0 Å². The van der Waals surface area contributed by atoms with Gasteiger partial charge in [-0.15, -0.1) is 0 Å². The number of esters is 1. The van der Waals surface area contributed by atoms with Crippen LogP contribution in [0.5, 0.6) is 0 Å². The number of allylic oxidation sites excluding steroid dienone is 4. The number of nitrogens with zero attached hydrogens (tertiary/aromatic N) is 1. The Labute approximate surface area is 203 Å². The summed E-state index contributed by atoms with van der Waals surface area (Å²) >= 11 is 0. The third-order valence-corrected chi connectivity index (χ3v) is 6.66. The minimum Gasteiger partial charge on any atom is 0 e. The molecule has 1 unspecified atom stereocenters. The molecule has 0 fully saturated rings. The number of carbonyl (C=O) groups excluding carboxylic acids is 1. The van der Waals surface area contributed by atoms with Crippen LogP contribution < -0.4 is 0 Å². The van der Waals surface area contributed by atoms with Crippen LogP contribution in [0.3, 0.4) is 0 Å². The van der Waals surface area contributed by atoms with E-state index in [4.69, 9.17) is 24.3 Å². The van der Waals surface area contributed by atoms with Gasteiger partial charge < -0.3 is 4.74 Å². The average Bonchev–Trinajstić information content (AvgIpc) is 2.89. The maximum absolute atomic E-state index is 13.3. The number of rotatable bonds is 5. The molecule has 8 nitrogen and oxygen atoms in total. The summed E-state index contributed by atoms with van der Waals surface area (Å²) in [7, 11) is -2.69. The predicted octanol–water partition coefficient (Wildman–Crippen LogP) is 3.35. The van der Waals surface area contributed by atoms with Crippen LogP contribution in [0, 0.1) is 24.7 Å². The Kier molecular flexibility index (Phi) is 17.1. The Bertz CT molecular complexity index is 1050. The smallest absolute Gasteiger partial charge is 0 e. The zero-order valence-corrected chi connectivity index (χ0v) is 19.4. The molecule has 1 aliphatic rings. The minimum atomic E-state index is -3.91. The van der Waals surface area contributed by atoms with E-state index in [1.807, 2.05) is 42.5 Å². The van der Waals surface area contributed by atoms with Gasteiger partial charge in [0.2, 0.25) is 0 Å². The number of ether oxygens (including phenoxy) is 1. The zero-order valence-electron chi connectivity index (χ0n) is 17.4. The van der Waals surface area contributed by atoms with Gasteiger partial charge in [-0.2, -0.15) is 0 Å². The van der Waals surface area contributed by atoms with Gasteiger partial charge in [-0.25, -0.2) is 8.42 Å². The molecule has 3 rings (SSSR count). The van der Waals surface area contributed by atoms with Gasteiger partial charge in [-0.3, -0.25) is 4.79 Å². The van der Waals surface area contributed by atoms with E-state index in [9.17, 15) is 13.2 Å². The van der Waals surface area contributed by atoms with E-state index in [1.54, 1.807) is 30.4 Å². The molecule has 0 spiro atoms. The van der Waals surface area contributed by atoms with E-state index in [0.717, 1.165) is 5.56 Å². The number of sulfone groups is 1. The molecule has 2 aromatic carbocycles. The molecule has 10 heteroatoms. The summed E-state index contributed by atoms with van der Waals surface area (Å²) < 4.78 is 53.6. The van der Waals surface area contributed by atoms with Gasteiger partial charge in [0, 0.05) is 28.9 Å². The number of carbonyl (C=O) groups is 1. The summed E-state index contributed by atoms with van der Waals surface area (Å²) in [6.07, 6.45) is 7.36. The van der Waals surface area contributed by atoms with Gasteiger partial charge in [0.15, 0.2) is 15.1 Å². The minimum absolute atomic E-state index is 0. The van der Waals surface area contributed by atoms with E-state index in [0.29, 0.717) is 0 Å². The van der Waals surface area contributed by atoms with E-state index in [-0.39, 0.29) is 27.9 Å². The fraction of sp³-hybridized carbons (Fsp3) is 0.174. The molecule has 0 N–H and O–H groups in total. The summed E-state index contributed by atoms with van der Waals surface area (Å²) in [5.41, 5.74) is 6.70. The second-order valence-electron chi connectivity index (χ2n) is 6.09. The van der Waals surface area contributed by atoms with E-state index in [2.05, 4.69) is 13.3 Å². The quantitative estimate of drug-likeness (QED) is 0.263. The Morgan fingerprint density at radius 2 is 1.36 bits per heavy atom. The summed E-state index contributed by atoms with van der Waals surface area (Å²) in [6.45, 7) is 9.00. The number of benzene rings is 2. The van der Waals surface area contributed by atoms with Crippen molar-refractivity contribution >= 4 is 15.8 Å². The number of hydrogen-bond acceptors (Lipinski definition) is 5. The van der Waals surface area contributed by atoms with Crippen LogP contribution in [-0.2, 0) is 50.5 Å². The van der Waals surface area contributed by atoms with E-state index in [1.165, 1.54) is 19.2 Å². The number of methoxy groups -OCH3 is 1. The van der Waals surface area contributed by atoms with Crippen molar-refractivity contribution in [1.82, 2.24) is 0 Å². The first-order valence-electron chi connectivity index (χ1n) is 8.91. The van der Waals surface area contributed by atoms with Crippen molar-refractivity contribution in [1.29, 1.82) is 5.46 Å². The Hall–Kier alpha value is -2.99. The molecule has 0 saturated carbocycles. The molecule has 0 amide bonds. The fourth-order valence-corrected chi connectivity index (χ4v) is 5.14. The van der Waals surface area contributed by atoms with E-state index < -0.39 is 27.0 Å². The first kappa shape index (κ1) is 32.2. The summed E-state index contributed by atoms with van der Waals surface area (Å²) in [5, 5.41) is -1.32. The largest absolute Gasteiger partial charge is 0 e. The van der Waals surface area contributed by atoms with Crippen molar-refractivity contribution in [3.8, 4) is 0 Å². The Morgan fingerprint density at radius 1 is 0.909 bits per heavy atom. The van der Waals surface area contributed by atoms with Gasteiger partial charge in [0.05, 0.1) is 12.0 Å². The molecule has 0 aliphatic heterocycles. The van der Waals surface area contributed by atoms with Crippen molar-refractivity contribution in [2.75, 3.05) is 7.11 Å². The predicted molar refractivity (Wildman–Crippen MR) is 111 cm³/mol. The van der Waals surface area contributed by atoms with Crippen LogP contribution in [0.2, 0.25) is 0 Å². The van der Waals surface area contributed by atoms with Crippen LogP contribution >= 0.6 is 0 Å². The van der Waals surface area contributed by atoms with Crippen molar-refractivity contribution < 1.29 is 49.1 Å². The fourth-order valence-electron chi connectivity index (χ4n) is 3.29. The molecule has 2 aromatic rings. The SMILES string of the molecule is COC(=O)C([C@H]1C=CC=C[C@H]1c1ccccc1)S(=O)(=O)c1ccccc1.N#[O+].[C-]#[O+].[C-]#[O+].[Mn]. The van der Waals surface area contributed by atoms with Gasteiger partial charge >= 0.3 is 38.8 Å². The van der Waals surface area contributed by atoms with Crippen LogP contribution in [0.4, 0.5) is 0 Å². The molecule has 171 valence electrons. The molecule has 0 saturated heterocycles. The van der Waals surface area contributed by atoms with Crippen molar-refractivity contribution in [3.05, 3.63) is 104 Å². The molecule has 1 aliphatic carbocycles. The summed E-state index contributed by atoms with van der Waals surface area (Å²) in [5.74, 6) is -1.54. The summed E-state index contributed by atoms with van der Waals surface area (Å²) in [6, 6.07) is 17.6. The molecule has 33 heavy (non-hydrogen) atoms. The maximum atomic E-state index is 13.3. The maximum Gasteiger partial charge on any atom is 0 e. The summed E-state index contributed by atoms with van der Waals surface area (Å²) in [4.78, 5) is 12.7. The first-order chi connectivity index (χ1) is 15.6. The first-order valence-corrected chi connectivity index (χ1v) is 10.5. The molecule has 0 bridgehead atoms. The van der Waals surface area contributed by atoms with Crippen LogP contribution in [0.15, 0.2) is 89.9 Å². The van der Waals surface area contributed by atoms with Gasteiger partial charge in [-0.1, -0.05) is 72.8 Å². The topological polar surface area (TPSA) is 144 Å². The van der Waals surface area contributed by atoms with E-state index >= 15 is 0 Å². The monoisotopic (exact) mass is 509 g/mol. The molecule has 0 aromatic heterocycles. The second-order valence-corrected chi connectivity index (χ2v) is 8.15. The van der Waals surface area contributed by atoms with Crippen molar-refractivity contribution in [2.24, 2.45) is 5.92 Å². The standard InChI is InChI=1S/C21H20O4S.2CO.Mn.NO/c1-25-21(22)20(26(23,24)17-12-6-3-7-13-17)19-15-9-8-14-18(19)16-10-4-2-5-11-16;2*1-2;;1-2/h2-15,18-20H,1H3;;;;/q;;;;+1/t18-,19-,20?;;;;/m0..../s1. The Morgan fingerprint density at radius 3 is 1.85 bits per heavy atom. The average molecular weight is 509 g/mol. The molecular formula is C23H20MnNO7S+. The molecule has 3 atom stereocenters. The third kappa shape index (κ3) is 8.46. The molecule has 0 heterocycles. The normalized spacial score (nSPS) is 16.3. The zero-order chi connectivity index (χ0) is 24.6. The van der Waals surface area contributed by atoms with Gasteiger partial charge in [0.1, 0.15) is 0 Å². The molecule has 1 radical (unpaired) electrons. The third-order valence-electron chi connectivity index (χ3n) is 4.55.